The number of pyridine rings is 1. The molecule has 3 heterocycles. The molecule has 0 amide bonds. The summed E-state index contributed by atoms with van der Waals surface area (Å²) in [4.78, 5) is 8.14. The largest absolute Gasteiger partial charge is 0.358 e. The van der Waals surface area contributed by atoms with Crippen molar-refractivity contribution < 1.29 is 0 Å². The molecule has 0 saturated heterocycles. The fourth-order valence-electron chi connectivity index (χ4n) is 3.92. The number of rotatable bonds is 4. The van der Waals surface area contributed by atoms with Crippen LogP contribution in [0.3, 0.4) is 0 Å². The highest BCUT2D eigenvalue weighted by molar-refractivity contribution is 5.81. The lowest BCUT2D eigenvalue weighted by atomic mass is 9.99. The molecule has 2 N–H and O–H groups in total. The summed E-state index contributed by atoms with van der Waals surface area (Å²) in [5.74, 6) is 0. The van der Waals surface area contributed by atoms with Crippen LogP contribution in [0.1, 0.15) is 22.5 Å². The van der Waals surface area contributed by atoms with Gasteiger partial charge in [-0.1, -0.05) is 60.7 Å². The van der Waals surface area contributed by atoms with E-state index < -0.39 is 0 Å². The lowest BCUT2D eigenvalue weighted by molar-refractivity contribution is 0.638. The number of benzene rings is 2. The second-order valence-corrected chi connectivity index (χ2v) is 7.37. The van der Waals surface area contributed by atoms with Crippen molar-refractivity contribution >= 4 is 12.2 Å². The molecule has 2 aromatic heterocycles. The third-order valence-corrected chi connectivity index (χ3v) is 5.43. The highest BCUT2D eigenvalue weighted by atomic mass is 14.9. The van der Waals surface area contributed by atoms with E-state index in [1.54, 1.807) is 0 Å². The van der Waals surface area contributed by atoms with Gasteiger partial charge in [0.1, 0.15) is 0 Å². The van der Waals surface area contributed by atoms with Gasteiger partial charge < -0.3 is 10.3 Å². The average Bonchev–Trinajstić information content (AvgIpc) is 3.23. The van der Waals surface area contributed by atoms with Gasteiger partial charge in [0.25, 0.3) is 0 Å². The van der Waals surface area contributed by atoms with E-state index in [1.807, 2.05) is 12.3 Å². The SMILES string of the molecule is C(=C\c1ccccc1-c1ccccc1)/c1cc(-c2cc3c([nH]2)CCNC3)ccn1. The van der Waals surface area contributed by atoms with Gasteiger partial charge in [0.05, 0.1) is 5.69 Å². The van der Waals surface area contributed by atoms with Gasteiger partial charge in [-0.3, -0.25) is 4.98 Å². The van der Waals surface area contributed by atoms with Crippen molar-refractivity contribution in [3.8, 4) is 22.4 Å². The summed E-state index contributed by atoms with van der Waals surface area (Å²) in [6, 6.07) is 25.4. The Morgan fingerprint density at radius 2 is 1.69 bits per heavy atom. The Kier molecular flexibility index (Phi) is 4.81. The number of fused-ring (bicyclic) bond motifs is 1. The quantitative estimate of drug-likeness (QED) is 0.489. The molecule has 0 unspecified atom stereocenters. The van der Waals surface area contributed by atoms with Crippen LogP contribution in [0.4, 0.5) is 0 Å². The number of nitrogens with zero attached hydrogens (tertiary/aromatic N) is 1. The number of H-pyrrole nitrogens is 1. The molecular formula is C26H23N3. The van der Waals surface area contributed by atoms with Crippen molar-refractivity contribution in [3.63, 3.8) is 0 Å². The zero-order valence-electron chi connectivity index (χ0n) is 16.2. The maximum absolute atomic E-state index is 4.55. The molecule has 5 rings (SSSR count). The van der Waals surface area contributed by atoms with Crippen LogP contribution in [0.2, 0.25) is 0 Å². The number of hydrogen-bond acceptors (Lipinski definition) is 2. The summed E-state index contributed by atoms with van der Waals surface area (Å²) in [5.41, 5.74) is 9.65. The summed E-state index contributed by atoms with van der Waals surface area (Å²) in [6.45, 7) is 1.98. The predicted molar refractivity (Wildman–Crippen MR) is 120 cm³/mol. The molecule has 0 bridgehead atoms. The van der Waals surface area contributed by atoms with Gasteiger partial charge in [0.15, 0.2) is 0 Å². The van der Waals surface area contributed by atoms with Crippen molar-refractivity contribution in [2.75, 3.05) is 6.54 Å². The standard InChI is InChI=1S/C26H23N3/c1-2-6-19(7-3-1)24-9-5-4-8-20(24)10-11-23-16-21(12-15-28-23)26-17-22-18-27-14-13-25(22)29-26/h1-12,15-17,27,29H,13-14,18H2/b11-10+. The molecule has 29 heavy (non-hydrogen) atoms. The number of aromatic amines is 1. The zero-order chi connectivity index (χ0) is 19.5. The van der Waals surface area contributed by atoms with Gasteiger partial charge in [-0.25, -0.2) is 0 Å². The van der Waals surface area contributed by atoms with Gasteiger partial charge in [-0.05, 0) is 46.5 Å². The first-order chi connectivity index (χ1) is 14.4. The molecule has 142 valence electrons. The van der Waals surface area contributed by atoms with Crippen molar-refractivity contribution in [1.82, 2.24) is 15.3 Å². The van der Waals surface area contributed by atoms with E-state index in [2.05, 4.69) is 94.2 Å². The fraction of sp³-hybridized carbons (Fsp3) is 0.115. The van der Waals surface area contributed by atoms with Crippen LogP contribution >= 0.6 is 0 Å². The van der Waals surface area contributed by atoms with E-state index in [4.69, 9.17) is 0 Å². The van der Waals surface area contributed by atoms with Gasteiger partial charge in [-0.2, -0.15) is 0 Å². The first kappa shape index (κ1) is 17.7. The topological polar surface area (TPSA) is 40.7 Å². The van der Waals surface area contributed by atoms with Crippen molar-refractivity contribution in [1.29, 1.82) is 0 Å². The second kappa shape index (κ2) is 7.90. The first-order valence-corrected chi connectivity index (χ1v) is 10.1. The molecule has 2 aromatic carbocycles. The lowest BCUT2D eigenvalue weighted by Gasteiger charge is -2.11. The highest BCUT2D eigenvalue weighted by Crippen LogP contribution is 2.26. The molecule has 0 radical (unpaired) electrons. The molecule has 3 nitrogen and oxygen atoms in total. The first-order valence-electron chi connectivity index (χ1n) is 10.1. The van der Waals surface area contributed by atoms with E-state index in [0.29, 0.717) is 0 Å². The highest BCUT2D eigenvalue weighted by Gasteiger charge is 2.13. The second-order valence-electron chi connectivity index (χ2n) is 7.37. The van der Waals surface area contributed by atoms with Gasteiger partial charge in [0.2, 0.25) is 0 Å². The molecule has 0 atom stereocenters. The van der Waals surface area contributed by atoms with E-state index in [9.17, 15) is 0 Å². The Morgan fingerprint density at radius 1 is 0.828 bits per heavy atom. The summed E-state index contributed by atoms with van der Waals surface area (Å²) < 4.78 is 0. The van der Waals surface area contributed by atoms with Crippen molar-refractivity contribution in [3.05, 3.63) is 102 Å². The molecule has 0 fully saturated rings. The van der Waals surface area contributed by atoms with Crippen LogP contribution in [0.15, 0.2) is 79.0 Å². The third-order valence-electron chi connectivity index (χ3n) is 5.43. The van der Waals surface area contributed by atoms with Crippen LogP contribution in [0, 0.1) is 0 Å². The zero-order valence-corrected chi connectivity index (χ0v) is 16.2. The van der Waals surface area contributed by atoms with Crippen molar-refractivity contribution in [2.45, 2.75) is 13.0 Å². The van der Waals surface area contributed by atoms with Crippen LogP contribution in [-0.2, 0) is 13.0 Å². The normalized spacial score (nSPS) is 13.5. The molecule has 1 aliphatic heterocycles. The lowest BCUT2D eigenvalue weighted by Crippen LogP contribution is -2.22. The van der Waals surface area contributed by atoms with Crippen LogP contribution in [-0.4, -0.2) is 16.5 Å². The summed E-state index contributed by atoms with van der Waals surface area (Å²) in [7, 11) is 0. The number of aromatic nitrogens is 2. The van der Waals surface area contributed by atoms with Crippen LogP contribution < -0.4 is 5.32 Å². The fourth-order valence-corrected chi connectivity index (χ4v) is 3.92. The van der Waals surface area contributed by atoms with E-state index in [1.165, 1.54) is 39.2 Å². The number of hydrogen-bond donors (Lipinski definition) is 2. The maximum Gasteiger partial charge on any atom is 0.0636 e. The van der Waals surface area contributed by atoms with Gasteiger partial charge in [-0.15, -0.1) is 0 Å². The van der Waals surface area contributed by atoms with Gasteiger partial charge >= 0.3 is 0 Å². The minimum absolute atomic E-state index is 0.944. The Morgan fingerprint density at radius 3 is 2.59 bits per heavy atom. The predicted octanol–water partition coefficient (Wildman–Crippen LogP) is 5.56. The van der Waals surface area contributed by atoms with Crippen LogP contribution in [0.25, 0.3) is 34.5 Å². The molecule has 0 spiro atoms. The summed E-state index contributed by atoms with van der Waals surface area (Å²) >= 11 is 0. The third kappa shape index (κ3) is 3.78. The molecule has 0 saturated carbocycles. The molecule has 3 heteroatoms. The van der Waals surface area contributed by atoms with Crippen LogP contribution in [0.5, 0.6) is 0 Å². The Bertz CT molecular complexity index is 1130. The monoisotopic (exact) mass is 377 g/mol. The molecule has 1 aliphatic rings. The van der Waals surface area contributed by atoms with E-state index in [-0.39, 0.29) is 0 Å². The summed E-state index contributed by atoms with van der Waals surface area (Å²) in [6.07, 6.45) is 7.19. The Hall–Kier alpha value is -3.43. The van der Waals surface area contributed by atoms with Crippen molar-refractivity contribution in [2.24, 2.45) is 0 Å². The smallest absolute Gasteiger partial charge is 0.0636 e. The van der Waals surface area contributed by atoms with Gasteiger partial charge in [0, 0.05) is 42.7 Å². The number of nitrogens with one attached hydrogen (secondary N) is 2. The molecular weight excluding hydrogens is 354 g/mol. The molecule has 0 aliphatic carbocycles. The Balaban J connectivity index is 1.44. The minimum Gasteiger partial charge on any atom is -0.358 e. The molecule has 4 aromatic rings. The summed E-state index contributed by atoms with van der Waals surface area (Å²) in [5, 5.41) is 3.43. The minimum atomic E-state index is 0.944. The maximum atomic E-state index is 4.55. The Labute approximate surface area is 171 Å². The van der Waals surface area contributed by atoms with E-state index in [0.717, 1.165) is 25.2 Å². The average molecular weight is 377 g/mol. The van der Waals surface area contributed by atoms with E-state index >= 15 is 0 Å².